The van der Waals surface area contributed by atoms with Crippen LogP contribution in [0.2, 0.25) is 0 Å². The van der Waals surface area contributed by atoms with Crippen molar-refractivity contribution in [2.24, 2.45) is 0 Å². The van der Waals surface area contributed by atoms with Gasteiger partial charge in [0.1, 0.15) is 0 Å². The molecule has 1 aliphatic rings. The van der Waals surface area contributed by atoms with Crippen LogP contribution < -0.4 is 4.74 Å². The van der Waals surface area contributed by atoms with Gasteiger partial charge >= 0.3 is 0 Å². The lowest BCUT2D eigenvalue weighted by molar-refractivity contribution is 0.630. The molecule has 2 nitrogen and oxygen atoms in total. The molecule has 0 atom stereocenters. The third kappa shape index (κ3) is 0.593. The maximum Gasteiger partial charge on any atom is 0.263 e. The van der Waals surface area contributed by atoms with E-state index in [1.165, 1.54) is 5.56 Å². The predicted octanol–water partition coefficient (Wildman–Crippen LogP) is 1.75. The average Bonchev–Trinajstić information content (AvgIpc) is 2.64. The Morgan fingerprint density at radius 3 is 3.22 bits per heavy atom. The molecule has 0 saturated carbocycles. The lowest BCUT2D eigenvalue weighted by Gasteiger charge is -1.84. The van der Waals surface area contributed by atoms with Crippen molar-refractivity contribution in [3.05, 3.63) is 17.8 Å². The van der Waals surface area contributed by atoms with E-state index in [4.69, 9.17) is 4.74 Å². The lowest BCUT2D eigenvalue weighted by atomic mass is 10.2. The van der Waals surface area contributed by atoms with Gasteiger partial charge in [-0.25, -0.2) is 4.98 Å². The van der Waals surface area contributed by atoms with Gasteiger partial charge in [0.2, 0.25) is 0 Å². The molecule has 2 rings (SSSR count). The monoisotopic (exact) mass is 121 g/mol. The number of hydrogen-bond donors (Lipinski definition) is 0. The third-order valence-corrected chi connectivity index (χ3v) is 1.49. The van der Waals surface area contributed by atoms with Gasteiger partial charge < -0.3 is 4.74 Å². The van der Waals surface area contributed by atoms with Crippen molar-refractivity contribution in [2.45, 2.75) is 13.3 Å². The minimum Gasteiger partial charge on any atom is -0.430 e. The Morgan fingerprint density at radius 2 is 2.56 bits per heavy atom. The maximum atomic E-state index is 5.05. The number of pyridine rings is 1. The molecule has 0 unspecified atom stereocenters. The average molecular weight is 121 g/mol. The second-order valence-electron chi connectivity index (χ2n) is 2.06. The summed E-state index contributed by atoms with van der Waals surface area (Å²) in [5.41, 5.74) is 1.26. The van der Waals surface area contributed by atoms with Gasteiger partial charge in [-0.2, -0.15) is 0 Å². The number of aromatic nitrogens is 1. The van der Waals surface area contributed by atoms with E-state index < -0.39 is 0 Å². The number of hydrogen-bond acceptors (Lipinski definition) is 2. The minimum absolute atomic E-state index is 0.814. The van der Waals surface area contributed by atoms with E-state index in [2.05, 4.69) is 11.9 Å². The summed E-state index contributed by atoms with van der Waals surface area (Å²) in [7, 11) is 0. The summed E-state index contributed by atoms with van der Waals surface area (Å²) in [6, 6.07) is 1.99. The summed E-state index contributed by atoms with van der Waals surface area (Å²) in [5, 5.41) is 0. The van der Waals surface area contributed by atoms with Crippen LogP contribution in [0.3, 0.4) is 0 Å². The van der Waals surface area contributed by atoms with Crippen LogP contribution in [0.1, 0.15) is 12.5 Å². The second-order valence-corrected chi connectivity index (χ2v) is 2.06. The van der Waals surface area contributed by atoms with E-state index in [0.717, 1.165) is 18.1 Å². The highest BCUT2D eigenvalue weighted by Gasteiger charge is 2.24. The van der Waals surface area contributed by atoms with Gasteiger partial charge in [-0.15, -0.1) is 0 Å². The first-order valence-electron chi connectivity index (χ1n) is 3.07. The van der Waals surface area contributed by atoms with E-state index in [0.29, 0.717) is 0 Å². The highest BCUT2D eigenvalue weighted by molar-refractivity contribution is 5.54. The molecule has 2 heterocycles. The van der Waals surface area contributed by atoms with Gasteiger partial charge in [-0.05, 0) is 12.5 Å². The predicted molar refractivity (Wildman–Crippen MR) is 33.7 cm³/mol. The molecule has 0 saturated heterocycles. The van der Waals surface area contributed by atoms with E-state index in [9.17, 15) is 0 Å². The van der Waals surface area contributed by atoms with Crippen LogP contribution in [0.5, 0.6) is 11.6 Å². The highest BCUT2D eigenvalue weighted by Crippen LogP contribution is 2.45. The molecule has 0 fully saturated rings. The number of aryl methyl sites for hydroxylation is 1. The van der Waals surface area contributed by atoms with Gasteiger partial charge in [-0.3, -0.25) is 0 Å². The fraction of sp³-hybridized carbons (Fsp3) is 0.286. The highest BCUT2D eigenvalue weighted by atomic mass is 16.6. The van der Waals surface area contributed by atoms with Gasteiger partial charge in [-0.1, -0.05) is 6.92 Å². The molecule has 0 radical (unpaired) electrons. The van der Waals surface area contributed by atoms with E-state index in [1.54, 1.807) is 6.20 Å². The summed E-state index contributed by atoms with van der Waals surface area (Å²) in [6.45, 7) is 2.11. The topological polar surface area (TPSA) is 25.4 Å². The standard InChI is InChI=1S/C7H7NO/c1-2-5-3-4-8-7-6(5)9-7/h3-4H,2H2,1H3. The quantitative estimate of drug-likeness (QED) is 0.537. The Balaban J connectivity index is 2.51. The summed E-state index contributed by atoms with van der Waals surface area (Å²) in [4.78, 5) is 3.96. The molecule has 2 heteroatoms. The van der Waals surface area contributed by atoms with Crippen molar-refractivity contribution in [3.63, 3.8) is 0 Å². The van der Waals surface area contributed by atoms with Crippen molar-refractivity contribution in [1.82, 2.24) is 4.98 Å². The molecule has 0 spiro atoms. The Hall–Kier alpha value is -1.05. The zero-order chi connectivity index (χ0) is 6.27. The van der Waals surface area contributed by atoms with Crippen LogP contribution in [0, 0.1) is 0 Å². The first kappa shape index (κ1) is 4.79. The normalized spacial score (nSPS) is 12.1. The number of nitrogens with zero attached hydrogens (tertiary/aromatic N) is 1. The van der Waals surface area contributed by atoms with Crippen molar-refractivity contribution in [1.29, 1.82) is 0 Å². The Bertz CT molecular complexity index is 245. The zero-order valence-corrected chi connectivity index (χ0v) is 5.22. The van der Waals surface area contributed by atoms with Gasteiger partial charge in [0, 0.05) is 11.8 Å². The molecule has 0 aliphatic carbocycles. The molecule has 46 valence electrons. The maximum absolute atomic E-state index is 5.05. The van der Waals surface area contributed by atoms with E-state index in [-0.39, 0.29) is 0 Å². The first-order valence-corrected chi connectivity index (χ1v) is 3.07. The molecule has 0 amide bonds. The minimum atomic E-state index is 0.814. The van der Waals surface area contributed by atoms with E-state index in [1.807, 2.05) is 6.07 Å². The fourth-order valence-corrected chi connectivity index (χ4v) is 0.908. The molecule has 9 heavy (non-hydrogen) atoms. The number of fused-ring (bicyclic) bond motifs is 1. The molecule has 1 aromatic rings. The van der Waals surface area contributed by atoms with Crippen molar-refractivity contribution >= 4 is 0 Å². The van der Waals surface area contributed by atoms with Crippen LogP contribution >= 0.6 is 0 Å². The van der Waals surface area contributed by atoms with Crippen LogP contribution in [-0.2, 0) is 6.42 Å². The van der Waals surface area contributed by atoms with Crippen molar-refractivity contribution in [2.75, 3.05) is 0 Å². The van der Waals surface area contributed by atoms with Crippen molar-refractivity contribution < 1.29 is 4.74 Å². The lowest BCUT2D eigenvalue weighted by Crippen LogP contribution is -1.72. The Kier molecular flexibility index (Phi) is 0.781. The van der Waals surface area contributed by atoms with Crippen molar-refractivity contribution in [3.8, 4) is 11.6 Å². The number of rotatable bonds is 1. The molecular formula is C7H7NO. The molecule has 1 aromatic heterocycles. The fourth-order valence-electron chi connectivity index (χ4n) is 0.908. The van der Waals surface area contributed by atoms with Crippen LogP contribution in [0.4, 0.5) is 0 Å². The SMILES string of the molecule is CCc1ccnc2c1O2. The molecule has 0 bridgehead atoms. The van der Waals surface area contributed by atoms with Gasteiger partial charge in [0.15, 0.2) is 5.75 Å². The largest absolute Gasteiger partial charge is 0.430 e. The first-order chi connectivity index (χ1) is 4.42. The molecule has 0 N–H and O–H groups in total. The summed E-state index contributed by atoms with van der Waals surface area (Å²) in [6.07, 6.45) is 2.82. The second kappa shape index (κ2) is 1.47. The Labute approximate surface area is 53.5 Å². The Morgan fingerprint density at radius 1 is 1.67 bits per heavy atom. The van der Waals surface area contributed by atoms with Crippen LogP contribution in [0.15, 0.2) is 12.3 Å². The van der Waals surface area contributed by atoms with Gasteiger partial charge in [0.25, 0.3) is 5.88 Å². The summed E-state index contributed by atoms with van der Waals surface area (Å²) < 4.78 is 5.05. The number of ether oxygens (including phenoxy) is 1. The van der Waals surface area contributed by atoms with E-state index >= 15 is 0 Å². The van der Waals surface area contributed by atoms with Gasteiger partial charge in [0.05, 0.1) is 0 Å². The molecular weight excluding hydrogens is 114 g/mol. The third-order valence-electron chi connectivity index (χ3n) is 1.49. The van der Waals surface area contributed by atoms with Crippen LogP contribution in [0.25, 0.3) is 0 Å². The molecule has 1 aliphatic heterocycles. The smallest absolute Gasteiger partial charge is 0.263 e. The summed E-state index contributed by atoms with van der Waals surface area (Å²) >= 11 is 0. The van der Waals surface area contributed by atoms with Crippen LogP contribution in [-0.4, -0.2) is 4.98 Å². The zero-order valence-electron chi connectivity index (χ0n) is 5.22. The summed E-state index contributed by atoms with van der Waals surface area (Å²) in [5.74, 6) is 1.81. The molecule has 0 aromatic carbocycles.